The summed E-state index contributed by atoms with van der Waals surface area (Å²) in [6.45, 7) is 0.368. The van der Waals surface area contributed by atoms with Gasteiger partial charge in [0.2, 0.25) is 15.8 Å². The fraction of sp³-hybridized carbons (Fsp3) is 0.200. The van der Waals surface area contributed by atoms with Gasteiger partial charge in [0.05, 0.1) is 4.90 Å². The summed E-state index contributed by atoms with van der Waals surface area (Å²) in [4.78, 5) is 5.68. The number of nitrogens with two attached hydrogens (primary N) is 2. The molecule has 1 fully saturated rings. The maximum atomic E-state index is 12.8. The number of primary sulfonamides is 1. The monoisotopic (exact) mass is 436 g/mol. The van der Waals surface area contributed by atoms with Crippen LogP contribution in [0.25, 0.3) is 11.4 Å². The molecule has 0 saturated carbocycles. The van der Waals surface area contributed by atoms with Crippen molar-refractivity contribution in [2.24, 2.45) is 5.14 Å². The average Bonchev–Trinajstić information content (AvgIpc) is 3.10. The van der Waals surface area contributed by atoms with E-state index in [1.54, 1.807) is 29.2 Å². The minimum atomic E-state index is -4.05. The Labute approximate surface area is 166 Å². The Kier molecular flexibility index (Phi) is 4.48. The second kappa shape index (κ2) is 6.75. The molecule has 0 bridgehead atoms. The zero-order chi connectivity index (χ0) is 20.8. The number of hydrogen-bond donors (Lipinski definition) is 2. The Morgan fingerprint density at radius 2 is 1.72 bits per heavy atom. The van der Waals surface area contributed by atoms with Crippen molar-refractivity contribution in [2.45, 2.75) is 10.1 Å². The number of anilines is 2. The van der Waals surface area contributed by atoms with E-state index in [2.05, 4.69) is 20.4 Å². The summed E-state index contributed by atoms with van der Waals surface area (Å²) in [6.07, 6.45) is 0. The Morgan fingerprint density at radius 1 is 1.00 bits per heavy atom. The largest absolute Gasteiger partial charge is 0.384 e. The van der Waals surface area contributed by atoms with E-state index in [0.717, 1.165) is 0 Å². The maximum absolute atomic E-state index is 12.8. The predicted molar refractivity (Wildman–Crippen MR) is 104 cm³/mol. The summed E-state index contributed by atoms with van der Waals surface area (Å²) in [7, 11) is -7.99. The van der Waals surface area contributed by atoms with Crippen molar-refractivity contribution < 1.29 is 16.8 Å². The zero-order valence-electron chi connectivity index (χ0n) is 14.8. The average molecular weight is 436 g/mol. The molecule has 0 aliphatic carbocycles. The van der Waals surface area contributed by atoms with Crippen LogP contribution < -0.4 is 15.8 Å². The minimum Gasteiger partial charge on any atom is -0.384 e. The molecular weight excluding hydrogens is 420 g/mol. The van der Waals surface area contributed by atoms with Crippen molar-refractivity contribution in [1.82, 2.24) is 24.6 Å². The fourth-order valence-corrected chi connectivity index (χ4v) is 4.95. The lowest BCUT2D eigenvalue weighted by molar-refractivity contribution is 0.515. The molecule has 29 heavy (non-hydrogen) atoms. The first kappa shape index (κ1) is 19.2. The summed E-state index contributed by atoms with van der Waals surface area (Å²) in [5, 5.41) is 15.6. The number of nitrogen functional groups attached to an aromatic ring is 1. The summed E-state index contributed by atoms with van der Waals surface area (Å²) in [6, 6.07) is 10.8. The van der Waals surface area contributed by atoms with Crippen LogP contribution in [0.2, 0.25) is 0 Å². The molecule has 3 aromatic rings. The van der Waals surface area contributed by atoms with E-state index in [4.69, 9.17) is 10.9 Å². The zero-order valence-corrected chi connectivity index (χ0v) is 16.5. The summed E-state index contributed by atoms with van der Waals surface area (Å²) in [5.41, 5.74) is 5.71. The lowest BCUT2D eigenvalue weighted by Crippen LogP contribution is -2.56. The van der Waals surface area contributed by atoms with E-state index in [1.807, 2.05) is 0 Å². The number of sulfonamides is 1. The van der Waals surface area contributed by atoms with Crippen molar-refractivity contribution in [1.29, 1.82) is 0 Å². The van der Waals surface area contributed by atoms with Crippen LogP contribution in [0.3, 0.4) is 0 Å². The summed E-state index contributed by atoms with van der Waals surface area (Å²) >= 11 is 0. The highest BCUT2D eigenvalue weighted by Crippen LogP contribution is 2.26. The van der Waals surface area contributed by atoms with E-state index in [9.17, 15) is 16.8 Å². The molecule has 12 nitrogen and oxygen atoms in total. The third kappa shape index (κ3) is 3.52. The number of tetrazole rings is 1. The molecule has 0 radical (unpaired) electrons. The molecule has 0 spiro atoms. The Balaban J connectivity index is 1.58. The molecule has 1 saturated heterocycles. The molecule has 1 aliphatic heterocycles. The molecule has 0 unspecified atom stereocenters. The van der Waals surface area contributed by atoms with Crippen LogP contribution in [-0.2, 0) is 20.0 Å². The van der Waals surface area contributed by atoms with E-state index >= 15 is 0 Å². The van der Waals surface area contributed by atoms with E-state index in [-0.39, 0.29) is 29.4 Å². The summed E-state index contributed by atoms with van der Waals surface area (Å²) < 4.78 is 49.5. The van der Waals surface area contributed by atoms with Gasteiger partial charge in [-0.3, -0.25) is 0 Å². The van der Waals surface area contributed by atoms with Crippen molar-refractivity contribution in [3.8, 4) is 11.4 Å². The highest BCUT2D eigenvalue weighted by molar-refractivity contribution is 7.90. The number of rotatable bonds is 5. The van der Waals surface area contributed by atoms with Crippen molar-refractivity contribution >= 4 is 31.7 Å². The lowest BCUT2D eigenvalue weighted by atomic mass is 10.2. The van der Waals surface area contributed by atoms with E-state index < -0.39 is 25.3 Å². The first-order chi connectivity index (χ1) is 13.7. The minimum absolute atomic E-state index is 0.0654. The lowest BCUT2D eigenvalue weighted by Gasteiger charge is -2.38. The van der Waals surface area contributed by atoms with Gasteiger partial charge in [-0.15, -0.1) is 10.2 Å². The first-order valence-electron chi connectivity index (χ1n) is 8.30. The molecule has 3 heterocycles. The third-order valence-electron chi connectivity index (χ3n) is 4.41. The Hall–Kier alpha value is -3.10. The second-order valence-corrected chi connectivity index (χ2v) is 9.92. The van der Waals surface area contributed by atoms with Gasteiger partial charge in [-0.05, 0) is 33.7 Å². The standard InChI is InChI=1S/C15H16N8O4S2/c16-13-6-3-7-14(18-13)22-8-10(9-22)29(26,27)23-20-15(19-21-23)11-4-1-2-5-12(11)28(17,24)25/h1-7,10H,8-9H2,(H2,16,18)(H2,17,24,25). The smallest absolute Gasteiger partial charge is 0.277 e. The van der Waals surface area contributed by atoms with Gasteiger partial charge < -0.3 is 10.6 Å². The van der Waals surface area contributed by atoms with Crippen LogP contribution >= 0.6 is 0 Å². The van der Waals surface area contributed by atoms with Gasteiger partial charge in [-0.2, -0.15) is 0 Å². The van der Waals surface area contributed by atoms with Crippen molar-refractivity contribution in [3.05, 3.63) is 42.5 Å². The van der Waals surface area contributed by atoms with Crippen LogP contribution in [-0.4, -0.2) is 59.8 Å². The van der Waals surface area contributed by atoms with Gasteiger partial charge in [0.15, 0.2) is 0 Å². The molecule has 1 aliphatic rings. The molecular formula is C15H16N8O4S2. The number of nitrogens with zero attached hydrogens (tertiary/aromatic N) is 6. The Morgan fingerprint density at radius 3 is 2.41 bits per heavy atom. The second-order valence-electron chi connectivity index (χ2n) is 6.37. The molecule has 4 rings (SSSR count). The van der Waals surface area contributed by atoms with E-state index in [1.165, 1.54) is 18.2 Å². The summed E-state index contributed by atoms with van der Waals surface area (Å²) in [5.74, 6) is 0.752. The quantitative estimate of drug-likeness (QED) is 0.505. The number of pyridine rings is 1. The molecule has 14 heteroatoms. The molecule has 4 N–H and O–H groups in total. The van der Waals surface area contributed by atoms with Crippen LogP contribution in [0.15, 0.2) is 47.4 Å². The van der Waals surface area contributed by atoms with Gasteiger partial charge >= 0.3 is 0 Å². The highest BCUT2D eigenvalue weighted by Gasteiger charge is 2.40. The van der Waals surface area contributed by atoms with Crippen LogP contribution in [0, 0.1) is 0 Å². The number of hydrogen-bond acceptors (Lipinski definition) is 10. The molecule has 1 aromatic carbocycles. The van der Waals surface area contributed by atoms with Gasteiger partial charge in [-0.25, -0.2) is 27.0 Å². The first-order valence-corrected chi connectivity index (χ1v) is 11.4. The van der Waals surface area contributed by atoms with Crippen LogP contribution in [0.4, 0.5) is 11.6 Å². The van der Waals surface area contributed by atoms with Gasteiger partial charge in [0.1, 0.15) is 16.9 Å². The number of benzene rings is 1. The number of aromatic nitrogens is 5. The van der Waals surface area contributed by atoms with Crippen molar-refractivity contribution in [2.75, 3.05) is 23.7 Å². The Bertz CT molecular complexity index is 1280. The van der Waals surface area contributed by atoms with Crippen LogP contribution in [0.5, 0.6) is 0 Å². The molecule has 2 aromatic heterocycles. The van der Waals surface area contributed by atoms with Crippen LogP contribution in [0.1, 0.15) is 0 Å². The third-order valence-corrected chi connectivity index (χ3v) is 7.13. The van der Waals surface area contributed by atoms with E-state index in [0.29, 0.717) is 15.8 Å². The van der Waals surface area contributed by atoms with Gasteiger partial charge in [0.25, 0.3) is 10.0 Å². The van der Waals surface area contributed by atoms with Gasteiger partial charge in [-0.1, -0.05) is 18.2 Å². The normalized spacial score (nSPS) is 15.3. The molecule has 0 amide bonds. The maximum Gasteiger partial charge on any atom is 0.277 e. The molecule has 0 atom stereocenters. The SMILES string of the molecule is Nc1cccc(N2CC(S(=O)(=O)n3nnc(-c4ccccc4S(N)(=O)=O)n3)C2)n1. The van der Waals surface area contributed by atoms with Gasteiger partial charge in [0, 0.05) is 18.7 Å². The predicted octanol–water partition coefficient (Wildman–Crippen LogP) is -0.969. The van der Waals surface area contributed by atoms with Crippen molar-refractivity contribution in [3.63, 3.8) is 0 Å². The fourth-order valence-electron chi connectivity index (χ4n) is 2.88. The molecule has 152 valence electrons. The highest BCUT2D eigenvalue weighted by atomic mass is 32.2. The topological polar surface area (TPSA) is 180 Å².